The Hall–Kier alpha value is -2.89. The van der Waals surface area contributed by atoms with Gasteiger partial charge in [0.25, 0.3) is 0 Å². The van der Waals surface area contributed by atoms with Gasteiger partial charge in [0.15, 0.2) is 5.65 Å². The third kappa shape index (κ3) is 3.27. The zero-order valence-electron chi connectivity index (χ0n) is 15.8. The summed E-state index contributed by atoms with van der Waals surface area (Å²) in [5, 5.41) is 0. The highest BCUT2D eigenvalue weighted by Crippen LogP contribution is 2.18. The van der Waals surface area contributed by atoms with Crippen LogP contribution < -0.4 is 5.69 Å². The van der Waals surface area contributed by atoms with E-state index < -0.39 is 0 Å². The number of carbonyl (C=O) groups excluding carboxylic acids is 1. The van der Waals surface area contributed by atoms with Crippen LogP contribution in [-0.2, 0) is 11.3 Å². The molecule has 1 aliphatic heterocycles. The zero-order valence-corrected chi connectivity index (χ0v) is 15.8. The molecule has 0 spiro atoms. The number of hydrogen-bond acceptors (Lipinski definition) is 3. The van der Waals surface area contributed by atoms with E-state index in [9.17, 15) is 9.59 Å². The number of carbonyl (C=O) groups is 1. The van der Waals surface area contributed by atoms with E-state index in [4.69, 9.17) is 0 Å². The predicted octanol–water partition coefficient (Wildman–Crippen LogP) is 2.75. The number of fused-ring (bicyclic) bond motifs is 1. The van der Waals surface area contributed by atoms with Crippen molar-refractivity contribution in [3.05, 3.63) is 58.6 Å². The smallest absolute Gasteiger partial charge is 0.335 e. The molecule has 27 heavy (non-hydrogen) atoms. The molecule has 1 atom stereocenters. The van der Waals surface area contributed by atoms with Crippen LogP contribution in [0.2, 0.25) is 0 Å². The standard InChI is InChI=1S/C21H24N4O2/c1-15-7-9-17(10-8-15)25-20-18(6-3-11-22-20)24(21(25)27)14-19(26)23-12-4-5-16(2)13-23/h3,6-11,16H,4-5,12-14H2,1-2H3. The summed E-state index contributed by atoms with van der Waals surface area (Å²) in [5.41, 5.74) is 2.91. The Morgan fingerprint density at radius 1 is 1.22 bits per heavy atom. The first-order valence-corrected chi connectivity index (χ1v) is 9.45. The van der Waals surface area contributed by atoms with Gasteiger partial charge in [-0.15, -0.1) is 0 Å². The number of aromatic nitrogens is 3. The molecule has 6 heteroatoms. The molecule has 1 amide bonds. The number of nitrogens with zero attached hydrogens (tertiary/aromatic N) is 4. The molecule has 0 aliphatic carbocycles. The lowest BCUT2D eigenvalue weighted by atomic mass is 10.0. The van der Waals surface area contributed by atoms with E-state index in [1.54, 1.807) is 21.4 Å². The third-order valence-electron chi connectivity index (χ3n) is 5.29. The first kappa shape index (κ1) is 17.5. The van der Waals surface area contributed by atoms with Crippen LogP contribution >= 0.6 is 0 Å². The molecule has 6 nitrogen and oxygen atoms in total. The number of imidazole rings is 1. The molecule has 140 valence electrons. The normalized spacial score (nSPS) is 17.4. The molecule has 0 bridgehead atoms. The van der Waals surface area contributed by atoms with Crippen LogP contribution in [0.15, 0.2) is 47.4 Å². The second-order valence-corrected chi connectivity index (χ2v) is 7.47. The molecule has 1 aliphatic rings. The molecule has 3 heterocycles. The second-order valence-electron chi connectivity index (χ2n) is 7.47. The van der Waals surface area contributed by atoms with Gasteiger partial charge >= 0.3 is 5.69 Å². The van der Waals surface area contributed by atoms with Crippen molar-refractivity contribution in [3.63, 3.8) is 0 Å². The fraction of sp³-hybridized carbons (Fsp3) is 0.381. The minimum Gasteiger partial charge on any atom is -0.341 e. The summed E-state index contributed by atoms with van der Waals surface area (Å²) < 4.78 is 3.13. The van der Waals surface area contributed by atoms with Gasteiger partial charge in [-0.2, -0.15) is 0 Å². The van der Waals surface area contributed by atoms with Gasteiger partial charge in [0, 0.05) is 19.3 Å². The van der Waals surface area contributed by atoms with Gasteiger partial charge in [0.2, 0.25) is 5.91 Å². The number of likely N-dealkylation sites (tertiary alicyclic amines) is 1. The van der Waals surface area contributed by atoms with Gasteiger partial charge in [-0.1, -0.05) is 24.6 Å². The Kier molecular flexibility index (Phi) is 4.56. The third-order valence-corrected chi connectivity index (χ3v) is 5.29. The summed E-state index contributed by atoms with van der Waals surface area (Å²) in [5.74, 6) is 0.505. The van der Waals surface area contributed by atoms with E-state index in [-0.39, 0.29) is 18.1 Å². The van der Waals surface area contributed by atoms with Crippen molar-refractivity contribution >= 4 is 17.1 Å². The summed E-state index contributed by atoms with van der Waals surface area (Å²) in [6.07, 6.45) is 3.85. The van der Waals surface area contributed by atoms with Crippen LogP contribution in [0, 0.1) is 12.8 Å². The van der Waals surface area contributed by atoms with Crippen molar-refractivity contribution < 1.29 is 4.79 Å². The average molecular weight is 364 g/mol. The summed E-state index contributed by atoms with van der Waals surface area (Å²) in [7, 11) is 0. The Labute approximate surface area is 158 Å². The Morgan fingerprint density at radius 3 is 2.74 bits per heavy atom. The van der Waals surface area contributed by atoms with Crippen LogP contribution in [0.3, 0.4) is 0 Å². The van der Waals surface area contributed by atoms with Crippen molar-refractivity contribution in [1.29, 1.82) is 0 Å². The maximum Gasteiger partial charge on any atom is 0.335 e. The Bertz CT molecular complexity index is 1030. The van der Waals surface area contributed by atoms with Gasteiger partial charge in [0.1, 0.15) is 6.54 Å². The average Bonchev–Trinajstić information content (AvgIpc) is 2.94. The highest BCUT2D eigenvalue weighted by molar-refractivity contribution is 5.80. The predicted molar refractivity (Wildman–Crippen MR) is 105 cm³/mol. The minimum absolute atomic E-state index is 0.00420. The topological polar surface area (TPSA) is 60.1 Å². The van der Waals surface area contributed by atoms with E-state index in [0.29, 0.717) is 17.1 Å². The number of piperidine rings is 1. The van der Waals surface area contributed by atoms with Gasteiger partial charge in [0.05, 0.1) is 11.2 Å². The summed E-state index contributed by atoms with van der Waals surface area (Å²) in [4.78, 5) is 32.3. The molecule has 0 saturated carbocycles. The van der Waals surface area contributed by atoms with Crippen LogP contribution in [0.1, 0.15) is 25.3 Å². The second kappa shape index (κ2) is 7.02. The minimum atomic E-state index is -0.231. The Balaban J connectivity index is 1.75. The lowest BCUT2D eigenvalue weighted by molar-refractivity contribution is -0.133. The maximum atomic E-state index is 13.2. The van der Waals surface area contributed by atoms with E-state index in [1.807, 2.05) is 42.2 Å². The highest BCUT2D eigenvalue weighted by Gasteiger charge is 2.23. The largest absolute Gasteiger partial charge is 0.341 e. The SMILES string of the molecule is Cc1ccc(-n2c(=O)n(CC(=O)N3CCCC(C)C3)c3cccnc32)cc1. The Morgan fingerprint density at radius 2 is 2.00 bits per heavy atom. The summed E-state index contributed by atoms with van der Waals surface area (Å²) >= 11 is 0. The molecule has 1 unspecified atom stereocenters. The van der Waals surface area contributed by atoms with Crippen molar-refractivity contribution in [2.24, 2.45) is 5.92 Å². The fourth-order valence-corrected chi connectivity index (χ4v) is 3.82. The lowest BCUT2D eigenvalue weighted by Gasteiger charge is -2.31. The van der Waals surface area contributed by atoms with E-state index >= 15 is 0 Å². The van der Waals surface area contributed by atoms with Crippen molar-refractivity contribution in [2.75, 3.05) is 13.1 Å². The van der Waals surface area contributed by atoms with E-state index in [1.165, 1.54) is 0 Å². The molecule has 2 aromatic heterocycles. The van der Waals surface area contributed by atoms with Crippen LogP contribution in [0.5, 0.6) is 0 Å². The van der Waals surface area contributed by atoms with Crippen molar-refractivity contribution in [3.8, 4) is 5.69 Å². The molecule has 3 aromatic rings. The van der Waals surface area contributed by atoms with Gasteiger partial charge in [-0.3, -0.25) is 9.36 Å². The van der Waals surface area contributed by atoms with Gasteiger partial charge in [-0.25, -0.2) is 14.3 Å². The number of rotatable bonds is 3. The van der Waals surface area contributed by atoms with E-state index in [2.05, 4.69) is 11.9 Å². The number of aryl methyl sites for hydroxylation is 1. The summed E-state index contributed by atoms with van der Waals surface area (Å²) in [6, 6.07) is 11.4. The number of pyridine rings is 1. The monoisotopic (exact) mass is 364 g/mol. The highest BCUT2D eigenvalue weighted by atomic mass is 16.2. The van der Waals surface area contributed by atoms with Gasteiger partial charge in [-0.05, 0) is 49.9 Å². The van der Waals surface area contributed by atoms with Crippen LogP contribution in [0.4, 0.5) is 0 Å². The quantitative estimate of drug-likeness (QED) is 0.718. The van der Waals surface area contributed by atoms with Crippen LogP contribution in [0.25, 0.3) is 16.9 Å². The van der Waals surface area contributed by atoms with Crippen LogP contribution in [-0.4, -0.2) is 38.0 Å². The molecule has 0 radical (unpaired) electrons. The molecule has 1 aromatic carbocycles. The number of benzene rings is 1. The van der Waals surface area contributed by atoms with E-state index in [0.717, 1.165) is 37.2 Å². The first-order chi connectivity index (χ1) is 13.0. The van der Waals surface area contributed by atoms with Crippen molar-refractivity contribution in [2.45, 2.75) is 33.2 Å². The van der Waals surface area contributed by atoms with Crippen molar-refractivity contribution in [1.82, 2.24) is 19.0 Å². The molecule has 4 rings (SSSR count). The zero-order chi connectivity index (χ0) is 19.0. The molecule has 1 saturated heterocycles. The number of amides is 1. The molecule has 0 N–H and O–H groups in total. The molecular weight excluding hydrogens is 340 g/mol. The number of hydrogen-bond donors (Lipinski definition) is 0. The molecular formula is C21H24N4O2. The fourth-order valence-electron chi connectivity index (χ4n) is 3.82. The first-order valence-electron chi connectivity index (χ1n) is 9.45. The molecule has 1 fully saturated rings. The summed E-state index contributed by atoms with van der Waals surface area (Å²) in [6.45, 7) is 5.76. The maximum absolute atomic E-state index is 13.2. The lowest BCUT2D eigenvalue weighted by Crippen LogP contribution is -2.42. The van der Waals surface area contributed by atoms with Gasteiger partial charge < -0.3 is 4.90 Å².